The molecule has 12 aromatic rings. The maximum absolute atomic E-state index is 5.52. The van der Waals surface area contributed by atoms with Gasteiger partial charge < -0.3 is 0 Å². The SMILES string of the molecule is CCC.c1ccc(-c2nc(-n3c4cc5ccccc5cc4c4cccc(-c5cccc6c5sc5ccc7ccccc7c56)c43)nc3c2sc2ccccc23)cc1. The molecule has 4 aromatic heterocycles. The molecule has 12 rings (SSSR count). The third kappa shape index (κ3) is 5.01. The van der Waals surface area contributed by atoms with Crippen molar-refractivity contribution in [1.82, 2.24) is 14.5 Å². The van der Waals surface area contributed by atoms with Crippen molar-refractivity contribution >= 4 is 106 Å². The smallest absolute Gasteiger partial charge is 0.235 e. The first-order valence-electron chi connectivity index (χ1n) is 19.2. The first-order chi connectivity index (χ1) is 27.7. The van der Waals surface area contributed by atoms with Crippen LogP contribution in [0.15, 0.2) is 164 Å². The number of benzene rings is 8. The minimum Gasteiger partial charge on any atom is -0.277 e. The summed E-state index contributed by atoms with van der Waals surface area (Å²) in [6.07, 6.45) is 1.25. The predicted molar refractivity (Wildman–Crippen MR) is 244 cm³/mol. The molecule has 0 saturated carbocycles. The summed E-state index contributed by atoms with van der Waals surface area (Å²) < 4.78 is 7.25. The summed E-state index contributed by atoms with van der Waals surface area (Å²) in [4.78, 5) is 11.0. The van der Waals surface area contributed by atoms with Gasteiger partial charge >= 0.3 is 0 Å². The highest BCUT2D eigenvalue weighted by Gasteiger charge is 2.23. The molecule has 0 unspecified atom stereocenters. The van der Waals surface area contributed by atoms with Crippen molar-refractivity contribution in [2.75, 3.05) is 0 Å². The molecule has 0 amide bonds. The molecule has 0 aliphatic rings. The number of nitrogens with zero attached hydrogens (tertiary/aromatic N) is 3. The van der Waals surface area contributed by atoms with Crippen LogP contribution in [0, 0.1) is 0 Å². The fourth-order valence-corrected chi connectivity index (χ4v) is 10.8. The lowest BCUT2D eigenvalue weighted by Gasteiger charge is -2.13. The monoisotopic (exact) mass is 753 g/mol. The normalized spacial score (nSPS) is 11.8. The third-order valence-electron chi connectivity index (χ3n) is 10.8. The average molecular weight is 754 g/mol. The summed E-state index contributed by atoms with van der Waals surface area (Å²) in [5.41, 5.74) is 7.63. The van der Waals surface area contributed by atoms with Crippen LogP contribution < -0.4 is 0 Å². The van der Waals surface area contributed by atoms with E-state index < -0.39 is 0 Å². The van der Waals surface area contributed by atoms with E-state index in [1.165, 1.54) is 74.7 Å². The van der Waals surface area contributed by atoms with Gasteiger partial charge in [0.15, 0.2) is 0 Å². The fraction of sp³-hybridized carbons (Fsp3) is 0.0588. The summed E-state index contributed by atoms with van der Waals surface area (Å²) in [6, 6.07) is 59.3. The van der Waals surface area contributed by atoms with Crippen molar-refractivity contribution in [1.29, 1.82) is 0 Å². The fourth-order valence-electron chi connectivity index (χ4n) is 8.43. The van der Waals surface area contributed by atoms with Gasteiger partial charge in [0.1, 0.15) is 0 Å². The molecule has 0 atom stereocenters. The van der Waals surface area contributed by atoms with E-state index in [0.717, 1.165) is 37.9 Å². The molecule has 0 fully saturated rings. The summed E-state index contributed by atoms with van der Waals surface area (Å²) in [5.74, 6) is 0.678. The van der Waals surface area contributed by atoms with E-state index in [2.05, 4.69) is 182 Å². The van der Waals surface area contributed by atoms with Crippen molar-refractivity contribution in [3.8, 4) is 28.3 Å². The first kappa shape index (κ1) is 33.0. The van der Waals surface area contributed by atoms with Gasteiger partial charge in [0, 0.05) is 57.7 Å². The molecule has 4 heterocycles. The third-order valence-corrected chi connectivity index (χ3v) is 13.2. The molecule has 0 spiro atoms. The van der Waals surface area contributed by atoms with Crippen molar-refractivity contribution < 1.29 is 0 Å². The van der Waals surface area contributed by atoms with Gasteiger partial charge in [0.2, 0.25) is 5.95 Å². The number of aromatic nitrogens is 3. The zero-order valence-corrected chi connectivity index (χ0v) is 32.6. The number of para-hydroxylation sites is 1. The number of fused-ring (bicyclic) bond motifs is 12. The van der Waals surface area contributed by atoms with Crippen LogP contribution in [0.5, 0.6) is 0 Å². The molecular formula is C51H35N3S2. The van der Waals surface area contributed by atoms with Gasteiger partial charge in [-0.25, -0.2) is 9.97 Å². The molecule has 266 valence electrons. The highest BCUT2D eigenvalue weighted by atomic mass is 32.1. The Bertz CT molecular complexity index is 3480. The minimum absolute atomic E-state index is 0.678. The lowest BCUT2D eigenvalue weighted by atomic mass is 9.98. The van der Waals surface area contributed by atoms with Crippen LogP contribution in [0.2, 0.25) is 0 Å². The van der Waals surface area contributed by atoms with Crippen LogP contribution in [-0.2, 0) is 0 Å². The van der Waals surface area contributed by atoms with Crippen LogP contribution in [0.4, 0.5) is 0 Å². The second kappa shape index (κ2) is 13.1. The van der Waals surface area contributed by atoms with Crippen molar-refractivity contribution in [2.45, 2.75) is 20.3 Å². The summed E-state index contributed by atoms with van der Waals surface area (Å²) in [7, 11) is 0. The number of thiophene rings is 2. The van der Waals surface area contributed by atoms with Crippen molar-refractivity contribution in [3.63, 3.8) is 0 Å². The van der Waals surface area contributed by atoms with E-state index in [-0.39, 0.29) is 0 Å². The van der Waals surface area contributed by atoms with Crippen LogP contribution in [-0.4, -0.2) is 14.5 Å². The van der Waals surface area contributed by atoms with Crippen LogP contribution in [0.1, 0.15) is 20.3 Å². The standard InChI is InChI=1S/C48H27N3S2.C3H8/c1-2-13-29(14-3-1)43-47-44(36-18-8-9-23-40(36)52-47)50-48(49-43)51-39-27-31-16-5-4-15-30(31)26-38(39)34-20-10-19-33(45(34)51)35-21-11-22-37-42-32-17-7-6-12-28(32)24-25-41(42)53-46(35)37;1-3-2/h1-27H;3H2,1-2H3. The number of hydrogen-bond donors (Lipinski definition) is 0. The van der Waals surface area contributed by atoms with Gasteiger partial charge in [-0.15, -0.1) is 22.7 Å². The Balaban J connectivity index is 0.00000118. The molecule has 0 aliphatic heterocycles. The molecule has 0 radical (unpaired) electrons. The van der Waals surface area contributed by atoms with E-state index in [1.807, 2.05) is 11.3 Å². The van der Waals surface area contributed by atoms with Gasteiger partial charge in [0.05, 0.1) is 26.9 Å². The Hall–Kier alpha value is -6.40. The molecule has 0 aliphatic carbocycles. The molecular weight excluding hydrogens is 719 g/mol. The van der Waals surface area contributed by atoms with Gasteiger partial charge in [-0.2, -0.15) is 0 Å². The molecule has 8 aromatic carbocycles. The zero-order chi connectivity index (χ0) is 37.3. The Labute approximate surface area is 331 Å². The number of hydrogen-bond acceptors (Lipinski definition) is 4. The minimum atomic E-state index is 0.678. The van der Waals surface area contributed by atoms with E-state index in [9.17, 15) is 0 Å². The lowest BCUT2D eigenvalue weighted by molar-refractivity contribution is 1.02. The maximum Gasteiger partial charge on any atom is 0.235 e. The lowest BCUT2D eigenvalue weighted by Crippen LogP contribution is -2.03. The van der Waals surface area contributed by atoms with E-state index in [4.69, 9.17) is 9.97 Å². The molecule has 3 nitrogen and oxygen atoms in total. The maximum atomic E-state index is 5.52. The second-order valence-corrected chi connectivity index (χ2v) is 16.5. The van der Waals surface area contributed by atoms with E-state index >= 15 is 0 Å². The predicted octanol–water partition coefficient (Wildman–Crippen LogP) is 15.4. The molecule has 56 heavy (non-hydrogen) atoms. The largest absolute Gasteiger partial charge is 0.277 e. The van der Waals surface area contributed by atoms with Gasteiger partial charge in [-0.3, -0.25) is 4.57 Å². The first-order valence-corrected chi connectivity index (χ1v) is 20.9. The summed E-state index contributed by atoms with van der Waals surface area (Å²) in [6.45, 7) is 4.25. The average Bonchev–Trinajstić information content (AvgIpc) is 3.93. The molecule has 0 saturated heterocycles. The summed E-state index contributed by atoms with van der Waals surface area (Å²) >= 11 is 3.65. The summed E-state index contributed by atoms with van der Waals surface area (Å²) in [5, 5.41) is 11.1. The molecule has 0 bridgehead atoms. The topological polar surface area (TPSA) is 30.7 Å². The Morgan fingerprint density at radius 1 is 0.482 bits per heavy atom. The Morgan fingerprint density at radius 2 is 1.12 bits per heavy atom. The van der Waals surface area contributed by atoms with Crippen LogP contribution in [0.25, 0.3) is 112 Å². The quantitative estimate of drug-likeness (QED) is 0.180. The number of rotatable bonds is 3. The second-order valence-electron chi connectivity index (χ2n) is 14.4. The van der Waals surface area contributed by atoms with Crippen molar-refractivity contribution in [3.05, 3.63) is 164 Å². The van der Waals surface area contributed by atoms with Gasteiger partial charge in [-0.1, -0.05) is 160 Å². The highest BCUT2D eigenvalue weighted by molar-refractivity contribution is 7.26. The van der Waals surface area contributed by atoms with Crippen LogP contribution in [0.3, 0.4) is 0 Å². The van der Waals surface area contributed by atoms with Gasteiger partial charge in [-0.05, 0) is 45.8 Å². The van der Waals surface area contributed by atoms with E-state index in [0.29, 0.717) is 5.95 Å². The van der Waals surface area contributed by atoms with Gasteiger partial charge in [0.25, 0.3) is 0 Å². The van der Waals surface area contributed by atoms with E-state index in [1.54, 1.807) is 11.3 Å². The Kier molecular flexibility index (Phi) is 7.73. The molecule has 5 heteroatoms. The molecule has 0 N–H and O–H groups in total. The van der Waals surface area contributed by atoms with Crippen LogP contribution >= 0.6 is 22.7 Å². The Morgan fingerprint density at radius 3 is 1.95 bits per heavy atom. The highest BCUT2D eigenvalue weighted by Crippen LogP contribution is 2.47. The zero-order valence-electron chi connectivity index (χ0n) is 31.0. The van der Waals surface area contributed by atoms with Crippen molar-refractivity contribution in [2.24, 2.45) is 0 Å².